The third-order valence-electron chi connectivity index (χ3n) is 2.66. The molecule has 1 rings (SSSR count). The molecule has 1 aromatic rings. The molecular formula is C13H16F2N2. The van der Waals surface area contributed by atoms with E-state index in [0.717, 1.165) is 5.56 Å². The van der Waals surface area contributed by atoms with E-state index in [1.54, 1.807) is 24.3 Å². The summed E-state index contributed by atoms with van der Waals surface area (Å²) in [5.41, 5.74) is 0.942. The van der Waals surface area contributed by atoms with Gasteiger partial charge in [0.05, 0.1) is 17.5 Å². The van der Waals surface area contributed by atoms with Crippen molar-refractivity contribution in [2.75, 3.05) is 5.32 Å². The van der Waals surface area contributed by atoms with Crippen LogP contribution < -0.4 is 5.32 Å². The molecule has 0 fully saturated rings. The van der Waals surface area contributed by atoms with Crippen molar-refractivity contribution in [2.24, 2.45) is 0 Å². The van der Waals surface area contributed by atoms with Crippen LogP contribution in [0.5, 0.6) is 0 Å². The maximum atomic E-state index is 12.3. The standard InChI is InChI=1S/C13H16F2N2/c1-9(12(14)15)17-11-6-4-10(5-7-11)13(2,3)8-16/h4-7,9,12,17H,1-3H3. The van der Waals surface area contributed by atoms with E-state index in [-0.39, 0.29) is 0 Å². The van der Waals surface area contributed by atoms with Crippen molar-refractivity contribution < 1.29 is 8.78 Å². The van der Waals surface area contributed by atoms with Crippen LogP contribution in [0.25, 0.3) is 0 Å². The molecule has 0 bridgehead atoms. The molecule has 0 heterocycles. The molecule has 4 heteroatoms. The molecule has 1 unspecified atom stereocenters. The molecule has 0 aliphatic carbocycles. The number of alkyl halides is 2. The van der Waals surface area contributed by atoms with Gasteiger partial charge in [-0.2, -0.15) is 5.26 Å². The van der Waals surface area contributed by atoms with Crippen LogP contribution in [-0.2, 0) is 5.41 Å². The zero-order valence-electron chi connectivity index (χ0n) is 10.2. The molecule has 1 N–H and O–H groups in total. The summed E-state index contributed by atoms with van der Waals surface area (Å²) in [4.78, 5) is 0. The zero-order valence-corrected chi connectivity index (χ0v) is 10.2. The first-order valence-electron chi connectivity index (χ1n) is 5.43. The molecule has 0 saturated carbocycles. The Labute approximate surface area is 100 Å². The fraction of sp³-hybridized carbons (Fsp3) is 0.462. The van der Waals surface area contributed by atoms with Gasteiger partial charge in [0.1, 0.15) is 0 Å². The summed E-state index contributed by atoms with van der Waals surface area (Å²) in [7, 11) is 0. The zero-order chi connectivity index (χ0) is 13.1. The lowest BCUT2D eigenvalue weighted by Gasteiger charge is -2.18. The molecule has 0 spiro atoms. The molecule has 0 aliphatic heterocycles. The van der Waals surface area contributed by atoms with E-state index in [1.807, 2.05) is 13.8 Å². The van der Waals surface area contributed by atoms with Crippen molar-refractivity contribution in [3.05, 3.63) is 29.8 Å². The molecule has 0 aromatic heterocycles. The van der Waals surface area contributed by atoms with Crippen LogP contribution >= 0.6 is 0 Å². The highest BCUT2D eigenvalue weighted by Gasteiger charge is 2.19. The second kappa shape index (κ2) is 5.13. The molecular weight excluding hydrogens is 222 g/mol. The summed E-state index contributed by atoms with van der Waals surface area (Å²) in [6.07, 6.45) is -2.40. The van der Waals surface area contributed by atoms with Crippen LogP contribution in [0.3, 0.4) is 0 Å². The Morgan fingerprint density at radius 2 is 1.76 bits per heavy atom. The fourth-order valence-electron chi connectivity index (χ4n) is 1.37. The predicted octanol–water partition coefficient (Wildman–Crippen LogP) is 3.55. The van der Waals surface area contributed by atoms with Gasteiger partial charge in [-0.3, -0.25) is 0 Å². The number of hydrogen-bond acceptors (Lipinski definition) is 2. The van der Waals surface area contributed by atoms with Crippen LogP contribution in [0, 0.1) is 11.3 Å². The first kappa shape index (κ1) is 13.4. The Morgan fingerprint density at radius 1 is 1.24 bits per heavy atom. The highest BCUT2D eigenvalue weighted by Crippen LogP contribution is 2.24. The second-order valence-electron chi connectivity index (χ2n) is 4.58. The molecule has 2 nitrogen and oxygen atoms in total. The van der Waals surface area contributed by atoms with E-state index < -0.39 is 17.9 Å². The van der Waals surface area contributed by atoms with Crippen molar-refractivity contribution in [3.8, 4) is 6.07 Å². The maximum Gasteiger partial charge on any atom is 0.258 e. The Hall–Kier alpha value is -1.63. The lowest BCUT2D eigenvalue weighted by molar-refractivity contribution is 0.131. The average Bonchev–Trinajstić information content (AvgIpc) is 2.29. The van der Waals surface area contributed by atoms with Gasteiger partial charge in [0.2, 0.25) is 0 Å². The number of anilines is 1. The third kappa shape index (κ3) is 3.42. The first-order chi connectivity index (χ1) is 7.86. The quantitative estimate of drug-likeness (QED) is 0.870. The SMILES string of the molecule is CC(Nc1ccc(C(C)(C)C#N)cc1)C(F)F. The van der Waals surface area contributed by atoms with E-state index in [1.165, 1.54) is 6.92 Å². The van der Waals surface area contributed by atoms with Gasteiger partial charge in [0, 0.05) is 5.69 Å². The summed E-state index contributed by atoms with van der Waals surface area (Å²) in [5.74, 6) is 0. The maximum absolute atomic E-state index is 12.3. The Bertz CT molecular complexity index is 404. The molecule has 17 heavy (non-hydrogen) atoms. The monoisotopic (exact) mass is 238 g/mol. The first-order valence-corrected chi connectivity index (χ1v) is 5.43. The van der Waals surface area contributed by atoms with Crippen molar-refractivity contribution in [1.82, 2.24) is 0 Å². The van der Waals surface area contributed by atoms with E-state index >= 15 is 0 Å². The lowest BCUT2D eigenvalue weighted by atomic mass is 9.86. The Kier molecular flexibility index (Phi) is 4.06. The Balaban J connectivity index is 2.80. The second-order valence-corrected chi connectivity index (χ2v) is 4.58. The van der Waals surface area contributed by atoms with Crippen LogP contribution in [0.2, 0.25) is 0 Å². The van der Waals surface area contributed by atoms with E-state index in [0.29, 0.717) is 5.69 Å². The van der Waals surface area contributed by atoms with Crippen molar-refractivity contribution in [2.45, 2.75) is 38.7 Å². The van der Waals surface area contributed by atoms with Gasteiger partial charge in [0.15, 0.2) is 0 Å². The summed E-state index contributed by atoms with van der Waals surface area (Å²) in [5, 5.41) is 11.7. The summed E-state index contributed by atoms with van der Waals surface area (Å²) >= 11 is 0. The molecule has 0 aliphatic rings. The van der Waals surface area contributed by atoms with Gasteiger partial charge in [0.25, 0.3) is 6.43 Å². The summed E-state index contributed by atoms with van der Waals surface area (Å²) in [6.45, 7) is 5.06. The van der Waals surface area contributed by atoms with Gasteiger partial charge in [-0.05, 0) is 38.5 Å². The van der Waals surface area contributed by atoms with E-state index in [2.05, 4.69) is 11.4 Å². The van der Waals surface area contributed by atoms with Gasteiger partial charge < -0.3 is 5.32 Å². The summed E-state index contributed by atoms with van der Waals surface area (Å²) in [6, 6.07) is 8.31. The van der Waals surface area contributed by atoms with Gasteiger partial charge in [-0.1, -0.05) is 12.1 Å². The average molecular weight is 238 g/mol. The number of nitriles is 1. The van der Waals surface area contributed by atoms with Gasteiger partial charge in [-0.15, -0.1) is 0 Å². The number of rotatable bonds is 4. The minimum absolute atomic E-state index is 0.563. The van der Waals surface area contributed by atoms with Crippen LogP contribution in [-0.4, -0.2) is 12.5 Å². The summed E-state index contributed by atoms with van der Waals surface area (Å²) < 4.78 is 24.7. The Morgan fingerprint density at radius 3 is 2.18 bits per heavy atom. The number of benzene rings is 1. The van der Waals surface area contributed by atoms with Crippen LogP contribution in [0.4, 0.5) is 14.5 Å². The van der Waals surface area contributed by atoms with E-state index in [9.17, 15) is 8.78 Å². The van der Waals surface area contributed by atoms with Crippen molar-refractivity contribution in [1.29, 1.82) is 5.26 Å². The minimum Gasteiger partial charge on any atom is -0.377 e. The van der Waals surface area contributed by atoms with Crippen LogP contribution in [0.1, 0.15) is 26.3 Å². The topological polar surface area (TPSA) is 35.8 Å². The minimum atomic E-state index is -2.40. The molecule has 1 atom stereocenters. The fourth-order valence-corrected chi connectivity index (χ4v) is 1.37. The van der Waals surface area contributed by atoms with Crippen molar-refractivity contribution in [3.63, 3.8) is 0 Å². The number of nitrogens with one attached hydrogen (secondary N) is 1. The van der Waals surface area contributed by atoms with E-state index in [4.69, 9.17) is 5.26 Å². The largest absolute Gasteiger partial charge is 0.377 e. The highest BCUT2D eigenvalue weighted by molar-refractivity contribution is 5.47. The number of halogens is 2. The highest BCUT2D eigenvalue weighted by atomic mass is 19.3. The predicted molar refractivity (Wildman–Crippen MR) is 64.2 cm³/mol. The van der Waals surface area contributed by atoms with Crippen molar-refractivity contribution >= 4 is 5.69 Å². The lowest BCUT2D eigenvalue weighted by Crippen LogP contribution is -2.23. The molecule has 0 amide bonds. The van der Waals surface area contributed by atoms with Gasteiger partial charge >= 0.3 is 0 Å². The molecule has 1 aromatic carbocycles. The molecule has 0 saturated heterocycles. The van der Waals surface area contributed by atoms with Crippen LogP contribution in [0.15, 0.2) is 24.3 Å². The normalized spacial score (nSPS) is 13.2. The number of hydrogen-bond donors (Lipinski definition) is 1. The third-order valence-corrected chi connectivity index (χ3v) is 2.66. The molecule has 0 radical (unpaired) electrons. The molecule has 92 valence electrons. The van der Waals surface area contributed by atoms with Gasteiger partial charge in [-0.25, -0.2) is 8.78 Å². The smallest absolute Gasteiger partial charge is 0.258 e. The number of nitrogens with zero attached hydrogens (tertiary/aromatic N) is 1.